The maximum atomic E-state index is 9.00. The first-order chi connectivity index (χ1) is 13.2. The van der Waals surface area contributed by atoms with Crippen LogP contribution in [0.3, 0.4) is 0 Å². The van der Waals surface area contributed by atoms with Gasteiger partial charge in [-0.25, -0.2) is 9.97 Å². The van der Waals surface area contributed by atoms with E-state index in [-0.39, 0.29) is 0 Å². The standard InChI is InChI=1S/C19H37N5.C2H4O2/c1-5-7-8-9-12-19(3,4)13-10-11-16(21-6-2)14-17-22-15-23-18(20)24-17;1-2(3)4/h15-16,21H,5-14H2,1-4H3,(H2,20,22,23,24);1H3,(H,3,4). The van der Waals surface area contributed by atoms with Gasteiger partial charge in [0.25, 0.3) is 5.97 Å². The number of aliphatic carboxylic acids is 1. The van der Waals surface area contributed by atoms with Gasteiger partial charge in [0.2, 0.25) is 5.95 Å². The van der Waals surface area contributed by atoms with Crippen molar-refractivity contribution in [3.05, 3.63) is 12.2 Å². The first-order valence-electron chi connectivity index (χ1n) is 10.6. The lowest BCUT2D eigenvalue weighted by Gasteiger charge is -2.26. The molecule has 0 fully saturated rings. The number of likely N-dealkylation sites (N-methyl/N-ethyl adjacent to an activating group) is 1. The van der Waals surface area contributed by atoms with Crippen LogP contribution in [-0.4, -0.2) is 38.6 Å². The molecule has 1 heterocycles. The predicted molar refractivity (Wildman–Crippen MR) is 115 cm³/mol. The molecule has 0 saturated heterocycles. The fourth-order valence-electron chi connectivity index (χ4n) is 3.21. The smallest absolute Gasteiger partial charge is 0.300 e. The van der Waals surface area contributed by atoms with E-state index < -0.39 is 5.97 Å². The summed E-state index contributed by atoms with van der Waals surface area (Å²) < 4.78 is 0. The van der Waals surface area contributed by atoms with Crippen LogP contribution in [0.5, 0.6) is 0 Å². The molecule has 1 rings (SSSR count). The van der Waals surface area contributed by atoms with E-state index >= 15 is 0 Å². The van der Waals surface area contributed by atoms with Crippen molar-refractivity contribution in [2.24, 2.45) is 5.41 Å². The number of unbranched alkanes of at least 4 members (excludes halogenated alkanes) is 3. The molecule has 0 aliphatic carbocycles. The molecule has 162 valence electrons. The summed E-state index contributed by atoms with van der Waals surface area (Å²) in [7, 11) is 0. The zero-order valence-corrected chi connectivity index (χ0v) is 18.5. The molecule has 1 aromatic rings. The Morgan fingerprint density at radius 3 is 2.39 bits per heavy atom. The SMILES string of the molecule is CC(=O)O.CCCCCCC(C)(C)CCCC(Cc1ncnc(N)n1)NCC. The first-order valence-corrected chi connectivity index (χ1v) is 10.6. The number of rotatable bonds is 13. The van der Waals surface area contributed by atoms with Gasteiger partial charge in [-0.3, -0.25) is 4.79 Å². The van der Waals surface area contributed by atoms with Crippen LogP contribution in [-0.2, 0) is 11.2 Å². The number of carbonyl (C=O) groups is 1. The summed E-state index contributed by atoms with van der Waals surface area (Å²) in [4.78, 5) is 21.3. The highest BCUT2D eigenvalue weighted by Crippen LogP contribution is 2.30. The van der Waals surface area contributed by atoms with Crippen molar-refractivity contribution in [1.29, 1.82) is 0 Å². The van der Waals surface area contributed by atoms with Crippen LogP contribution < -0.4 is 11.1 Å². The third-order valence-corrected chi connectivity index (χ3v) is 4.68. The lowest BCUT2D eigenvalue weighted by molar-refractivity contribution is -0.134. The Bertz CT molecular complexity index is 533. The van der Waals surface area contributed by atoms with Crippen LogP contribution in [0.2, 0.25) is 0 Å². The number of hydrogen-bond acceptors (Lipinski definition) is 6. The Balaban J connectivity index is 0.00000165. The Morgan fingerprint density at radius 2 is 1.82 bits per heavy atom. The molecule has 0 spiro atoms. The summed E-state index contributed by atoms with van der Waals surface area (Å²) in [6, 6.07) is 0.410. The number of nitrogen functional groups attached to an aromatic ring is 1. The fraction of sp³-hybridized carbons (Fsp3) is 0.810. The summed E-state index contributed by atoms with van der Waals surface area (Å²) in [5, 5.41) is 11.0. The molecule has 0 aromatic carbocycles. The van der Waals surface area contributed by atoms with Crippen LogP contribution in [0, 0.1) is 5.41 Å². The zero-order chi connectivity index (χ0) is 21.4. The molecule has 0 aliphatic rings. The molecule has 4 N–H and O–H groups in total. The molecule has 1 aromatic heterocycles. The Hall–Kier alpha value is -1.76. The highest BCUT2D eigenvalue weighted by molar-refractivity contribution is 5.62. The topological polar surface area (TPSA) is 114 Å². The number of carboxylic acid groups (broad SMARTS) is 1. The monoisotopic (exact) mass is 395 g/mol. The number of nitrogens with one attached hydrogen (secondary N) is 1. The number of nitrogens with zero attached hydrogens (tertiary/aromatic N) is 3. The zero-order valence-electron chi connectivity index (χ0n) is 18.5. The number of aromatic nitrogens is 3. The molecule has 1 atom stereocenters. The third kappa shape index (κ3) is 15.3. The fourth-order valence-corrected chi connectivity index (χ4v) is 3.21. The van der Waals surface area contributed by atoms with Gasteiger partial charge >= 0.3 is 0 Å². The van der Waals surface area contributed by atoms with Crippen molar-refractivity contribution in [2.75, 3.05) is 12.3 Å². The Morgan fingerprint density at radius 1 is 1.18 bits per heavy atom. The second-order valence-electron chi connectivity index (χ2n) is 8.10. The highest BCUT2D eigenvalue weighted by Gasteiger charge is 2.18. The lowest BCUT2D eigenvalue weighted by Crippen LogP contribution is -2.32. The molecular weight excluding hydrogens is 354 g/mol. The molecule has 0 amide bonds. The molecule has 0 aliphatic heterocycles. The molecule has 0 radical (unpaired) electrons. The molecule has 7 heteroatoms. The van der Waals surface area contributed by atoms with Gasteiger partial charge in [-0.2, -0.15) is 4.98 Å². The summed E-state index contributed by atoms with van der Waals surface area (Å²) in [5.74, 6) is 0.260. The third-order valence-electron chi connectivity index (χ3n) is 4.68. The molecular formula is C21H41N5O2. The summed E-state index contributed by atoms with van der Waals surface area (Å²) in [5.41, 5.74) is 6.10. The van der Waals surface area contributed by atoms with Gasteiger partial charge in [0, 0.05) is 19.4 Å². The lowest BCUT2D eigenvalue weighted by atomic mass is 9.81. The van der Waals surface area contributed by atoms with E-state index in [1.54, 1.807) is 0 Å². The van der Waals surface area contributed by atoms with Crippen LogP contribution >= 0.6 is 0 Å². The van der Waals surface area contributed by atoms with Crippen LogP contribution in [0.4, 0.5) is 5.95 Å². The van der Waals surface area contributed by atoms with Crippen molar-refractivity contribution >= 4 is 11.9 Å². The van der Waals surface area contributed by atoms with E-state index in [1.807, 2.05) is 0 Å². The van der Waals surface area contributed by atoms with Gasteiger partial charge in [-0.15, -0.1) is 0 Å². The van der Waals surface area contributed by atoms with E-state index in [0.29, 0.717) is 17.4 Å². The van der Waals surface area contributed by atoms with E-state index in [9.17, 15) is 0 Å². The van der Waals surface area contributed by atoms with Gasteiger partial charge in [0.15, 0.2) is 0 Å². The van der Waals surface area contributed by atoms with E-state index in [2.05, 4.69) is 48.0 Å². The van der Waals surface area contributed by atoms with Crippen molar-refractivity contribution < 1.29 is 9.90 Å². The highest BCUT2D eigenvalue weighted by atomic mass is 16.4. The van der Waals surface area contributed by atoms with Gasteiger partial charge in [-0.1, -0.05) is 59.8 Å². The first kappa shape index (κ1) is 26.2. The van der Waals surface area contributed by atoms with Crippen LogP contribution in [0.15, 0.2) is 6.33 Å². The average molecular weight is 396 g/mol. The molecule has 1 unspecified atom stereocenters. The number of nitrogens with two attached hydrogens (primary N) is 1. The maximum Gasteiger partial charge on any atom is 0.300 e. The van der Waals surface area contributed by atoms with Crippen molar-refractivity contribution in [3.63, 3.8) is 0 Å². The Kier molecular flexibility index (Phi) is 14.2. The van der Waals surface area contributed by atoms with Gasteiger partial charge < -0.3 is 16.2 Å². The Labute approximate surface area is 171 Å². The van der Waals surface area contributed by atoms with Gasteiger partial charge in [-0.05, 0) is 31.2 Å². The average Bonchev–Trinajstić information content (AvgIpc) is 2.58. The van der Waals surface area contributed by atoms with Crippen LogP contribution in [0.1, 0.15) is 91.8 Å². The molecule has 28 heavy (non-hydrogen) atoms. The van der Waals surface area contributed by atoms with E-state index in [4.69, 9.17) is 15.6 Å². The maximum absolute atomic E-state index is 9.00. The molecule has 7 nitrogen and oxygen atoms in total. The predicted octanol–water partition coefficient (Wildman–Crippen LogP) is 4.23. The van der Waals surface area contributed by atoms with Crippen molar-refractivity contribution in [3.8, 4) is 0 Å². The summed E-state index contributed by atoms with van der Waals surface area (Å²) >= 11 is 0. The minimum Gasteiger partial charge on any atom is -0.481 e. The number of hydrogen-bond donors (Lipinski definition) is 3. The molecule has 0 bridgehead atoms. The van der Waals surface area contributed by atoms with E-state index in [1.165, 1.54) is 51.3 Å². The largest absolute Gasteiger partial charge is 0.481 e. The van der Waals surface area contributed by atoms with Crippen molar-refractivity contribution in [2.45, 2.75) is 98.4 Å². The summed E-state index contributed by atoms with van der Waals surface area (Å²) in [6.45, 7) is 11.3. The van der Waals surface area contributed by atoms with Gasteiger partial charge in [0.05, 0.1) is 0 Å². The van der Waals surface area contributed by atoms with Crippen LogP contribution in [0.25, 0.3) is 0 Å². The second-order valence-corrected chi connectivity index (χ2v) is 8.10. The summed E-state index contributed by atoms with van der Waals surface area (Å²) in [6.07, 6.45) is 12.7. The number of carboxylic acids is 1. The quantitative estimate of drug-likeness (QED) is 0.428. The minimum atomic E-state index is -0.833. The normalized spacial score (nSPS) is 12.2. The number of anilines is 1. The minimum absolute atomic E-state index is 0.309. The van der Waals surface area contributed by atoms with E-state index in [0.717, 1.165) is 32.1 Å². The van der Waals surface area contributed by atoms with Crippen molar-refractivity contribution in [1.82, 2.24) is 20.3 Å². The van der Waals surface area contributed by atoms with Gasteiger partial charge in [0.1, 0.15) is 12.2 Å². The molecule has 0 saturated carbocycles. The second kappa shape index (κ2) is 15.2.